The molecule has 1 N–H and O–H groups in total. The summed E-state index contributed by atoms with van der Waals surface area (Å²) < 4.78 is 11.6. The molecular weight excluding hydrogens is 400 g/mol. The summed E-state index contributed by atoms with van der Waals surface area (Å²) in [5, 5.41) is 11.0. The topological polar surface area (TPSA) is 59.7 Å². The van der Waals surface area contributed by atoms with E-state index in [1.165, 1.54) is 25.3 Å². The minimum Gasteiger partial charge on any atom is -0.466 e. The summed E-state index contributed by atoms with van der Waals surface area (Å²) in [5.74, 6) is 0.711. The van der Waals surface area contributed by atoms with Gasteiger partial charge in [0.1, 0.15) is 18.0 Å². The number of aliphatic hydroxyl groups is 1. The summed E-state index contributed by atoms with van der Waals surface area (Å²) in [6.45, 7) is 10.7. The molecule has 2 aliphatic carbocycles. The van der Waals surface area contributed by atoms with Crippen LogP contribution in [0.3, 0.4) is 0 Å². The van der Waals surface area contributed by atoms with Crippen LogP contribution in [0.4, 0.5) is 0 Å². The number of ether oxygens (including phenoxy) is 1. The number of unbranched alkanes of at least 4 members (excludes halogenated alkanes) is 3. The number of hydrogen-bond donors (Lipinski definition) is 1. The van der Waals surface area contributed by atoms with E-state index in [-0.39, 0.29) is 29.3 Å². The minimum atomic E-state index is -0.584. The fraction of sp³-hybridized carbons (Fsp3) is 0.607. The van der Waals surface area contributed by atoms with Crippen LogP contribution in [0.15, 0.2) is 46.6 Å². The molecule has 1 aromatic heterocycles. The van der Waals surface area contributed by atoms with Crippen molar-refractivity contribution in [3.8, 4) is 0 Å². The van der Waals surface area contributed by atoms with Gasteiger partial charge in [0.25, 0.3) is 0 Å². The molecule has 1 heterocycles. The lowest BCUT2D eigenvalue weighted by Crippen LogP contribution is -2.51. The van der Waals surface area contributed by atoms with E-state index in [2.05, 4.69) is 32.9 Å². The van der Waals surface area contributed by atoms with Gasteiger partial charge in [-0.3, -0.25) is 0 Å². The number of hydrogen-bond acceptors (Lipinski definition) is 4. The number of aliphatic hydroxyl groups excluding tert-OH is 1. The normalized spacial score (nSPS) is 30.5. The number of rotatable bonds is 8. The van der Waals surface area contributed by atoms with Crippen LogP contribution in [0.2, 0.25) is 0 Å². The summed E-state index contributed by atoms with van der Waals surface area (Å²) in [7, 11) is 0. The zero-order valence-corrected chi connectivity index (χ0v) is 20.4. The Bertz CT molecular complexity index is 874. The van der Waals surface area contributed by atoms with Crippen LogP contribution in [0.5, 0.6) is 0 Å². The van der Waals surface area contributed by atoms with Crippen LogP contribution < -0.4 is 0 Å². The van der Waals surface area contributed by atoms with Crippen LogP contribution in [-0.4, -0.2) is 17.2 Å². The van der Waals surface area contributed by atoms with Gasteiger partial charge < -0.3 is 14.3 Å². The third-order valence-electron chi connectivity index (χ3n) is 7.76. The lowest BCUT2D eigenvalue weighted by molar-refractivity contribution is -0.160. The van der Waals surface area contributed by atoms with Crippen LogP contribution in [0, 0.1) is 24.2 Å². The van der Waals surface area contributed by atoms with Gasteiger partial charge in [-0.1, -0.05) is 63.5 Å². The molecule has 0 aliphatic heterocycles. The molecule has 0 amide bonds. The van der Waals surface area contributed by atoms with Crippen molar-refractivity contribution in [2.75, 3.05) is 0 Å². The highest BCUT2D eigenvalue weighted by atomic mass is 16.5. The summed E-state index contributed by atoms with van der Waals surface area (Å²) in [4.78, 5) is 12.5. The fourth-order valence-electron chi connectivity index (χ4n) is 5.49. The van der Waals surface area contributed by atoms with Gasteiger partial charge in [-0.05, 0) is 74.3 Å². The quantitative estimate of drug-likeness (QED) is 0.209. The van der Waals surface area contributed by atoms with Gasteiger partial charge in [0.2, 0.25) is 0 Å². The lowest BCUT2D eigenvalue weighted by Gasteiger charge is -2.53. The minimum absolute atomic E-state index is 0.121. The molecule has 0 spiro atoms. The van der Waals surface area contributed by atoms with Gasteiger partial charge in [-0.2, -0.15) is 0 Å². The highest BCUT2D eigenvalue weighted by Gasteiger charge is 2.54. The Morgan fingerprint density at radius 2 is 2.09 bits per heavy atom. The molecule has 1 fully saturated rings. The van der Waals surface area contributed by atoms with Crippen LogP contribution >= 0.6 is 0 Å². The highest BCUT2D eigenvalue weighted by molar-refractivity contribution is 5.82. The summed E-state index contributed by atoms with van der Waals surface area (Å²) in [5.41, 5.74) is 3.20. The average molecular weight is 441 g/mol. The number of fused-ring (bicyclic) bond motifs is 2. The molecule has 5 unspecified atom stereocenters. The molecule has 0 saturated heterocycles. The summed E-state index contributed by atoms with van der Waals surface area (Å²) in [6, 6.07) is 0. The van der Waals surface area contributed by atoms with E-state index in [1.807, 2.05) is 19.9 Å². The SMILES string of the molecule is CCCCCC=CC(C)=CC=CC(=O)OC1CCC2C(O)c3occ(C)c3CC2(C)C1C. The maximum absolute atomic E-state index is 12.5. The molecule has 0 radical (unpaired) electrons. The standard InChI is InChI=1S/C28H40O4/c1-6-7-8-9-10-12-19(2)13-11-14-25(29)32-24-16-15-23-26(30)27-22(20(3)18-31-27)17-28(23,5)21(24)4/h10-14,18,21,23-24,26,30H,6-9,15-17H2,1-5H3. The maximum atomic E-state index is 12.5. The van der Waals surface area contributed by atoms with E-state index in [0.29, 0.717) is 0 Å². The molecule has 5 atom stereocenters. The maximum Gasteiger partial charge on any atom is 0.331 e. The average Bonchev–Trinajstić information content (AvgIpc) is 3.11. The third kappa shape index (κ3) is 5.28. The molecule has 1 saturated carbocycles. The zero-order chi connectivity index (χ0) is 23.3. The predicted octanol–water partition coefficient (Wildman–Crippen LogP) is 6.78. The Labute approximate surface area is 193 Å². The fourth-order valence-corrected chi connectivity index (χ4v) is 5.49. The first-order chi connectivity index (χ1) is 15.3. The summed E-state index contributed by atoms with van der Waals surface area (Å²) in [6.07, 6.45) is 17.8. The Morgan fingerprint density at radius 3 is 2.84 bits per heavy atom. The molecule has 176 valence electrons. The van der Waals surface area contributed by atoms with Gasteiger partial charge in [-0.25, -0.2) is 4.79 Å². The summed E-state index contributed by atoms with van der Waals surface area (Å²) >= 11 is 0. The van der Waals surface area contributed by atoms with Gasteiger partial charge in [0.15, 0.2) is 0 Å². The number of carbonyl (C=O) groups excluding carboxylic acids is 1. The number of aryl methyl sites for hydroxylation is 1. The highest BCUT2D eigenvalue weighted by Crippen LogP contribution is 2.57. The molecule has 3 rings (SSSR count). The number of esters is 1. The Kier molecular flexibility index (Phi) is 8.21. The van der Waals surface area contributed by atoms with Crippen molar-refractivity contribution in [2.45, 2.75) is 91.8 Å². The number of carbonyl (C=O) groups is 1. The second-order valence-corrected chi connectivity index (χ2v) is 10.0. The Hall–Kier alpha value is -2.07. The largest absolute Gasteiger partial charge is 0.466 e. The van der Waals surface area contributed by atoms with E-state index in [0.717, 1.165) is 48.1 Å². The molecule has 32 heavy (non-hydrogen) atoms. The van der Waals surface area contributed by atoms with E-state index < -0.39 is 6.10 Å². The molecule has 4 heteroatoms. The predicted molar refractivity (Wildman–Crippen MR) is 128 cm³/mol. The Balaban J connectivity index is 1.58. The van der Waals surface area contributed by atoms with Gasteiger partial charge in [-0.15, -0.1) is 0 Å². The molecule has 0 aromatic carbocycles. The van der Waals surface area contributed by atoms with Crippen LogP contribution in [0.25, 0.3) is 0 Å². The van der Waals surface area contributed by atoms with E-state index in [4.69, 9.17) is 9.15 Å². The first kappa shape index (κ1) is 24.6. The number of allylic oxidation sites excluding steroid dienone is 5. The smallest absolute Gasteiger partial charge is 0.331 e. The lowest BCUT2D eigenvalue weighted by atomic mass is 9.54. The molecular formula is C28H40O4. The molecule has 1 aromatic rings. The monoisotopic (exact) mass is 440 g/mol. The van der Waals surface area contributed by atoms with Crippen molar-refractivity contribution >= 4 is 5.97 Å². The van der Waals surface area contributed by atoms with Crippen molar-refractivity contribution in [1.82, 2.24) is 0 Å². The second kappa shape index (κ2) is 10.7. The van der Waals surface area contributed by atoms with Crippen molar-refractivity contribution in [3.05, 3.63) is 59.1 Å². The molecule has 0 bridgehead atoms. The van der Waals surface area contributed by atoms with Gasteiger partial charge >= 0.3 is 5.97 Å². The number of furan rings is 1. The first-order valence-electron chi connectivity index (χ1n) is 12.2. The van der Waals surface area contributed by atoms with Gasteiger partial charge in [0, 0.05) is 6.08 Å². The van der Waals surface area contributed by atoms with Crippen molar-refractivity contribution < 1.29 is 19.1 Å². The third-order valence-corrected chi connectivity index (χ3v) is 7.76. The molecule has 4 nitrogen and oxygen atoms in total. The van der Waals surface area contributed by atoms with Crippen molar-refractivity contribution in [2.24, 2.45) is 17.3 Å². The van der Waals surface area contributed by atoms with Crippen LogP contribution in [-0.2, 0) is 16.0 Å². The van der Waals surface area contributed by atoms with E-state index in [9.17, 15) is 9.90 Å². The van der Waals surface area contributed by atoms with Gasteiger partial charge in [0.05, 0.1) is 6.26 Å². The van der Waals surface area contributed by atoms with Crippen LogP contribution in [0.1, 0.15) is 89.2 Å². The first-order valence-corrected chi connectivity index (χ1v) is 12.2. The van der Waals surface area contributed by atoms with Crippen molar-refractivity contribution in [3.63, 3.8) is 0 Å². The van der Waals surface area contributed by atoms with Crippen molar-refractivity contribution in [1.29, 1.82) is 0 Å². The van der Waals surface area contributed by atoms with E-state index >= 15 is 0 Å². The Morgan fingerprint density at radius 1 is 1.31 bits per heavy atom. The molecule has 2 aliphatic rings. The van der Waals surface area contributed by atoms with E-state index in [1.54, 1.807) is 12.3 Å². The zero-order valence-electron chi connectivity index (χ0n) is 20.4. The second-order valence-electron chi connectivity index (χ2n) is 10.0.